The Morgan fingerprint density at radius 3 is 2.38 bits per heavy atom. The van der Waals surface area contributed by atoms with E-state index >= 15 is 0 Å². The lowest BCUT2D eigenvalue weighted by Gasteiger charge is -2.05. The van der Waals surface area contributed by atoms with Crippen LogP contribution in [0.1, 0.15) is 15.9 Å². The van der Waals surface area contributed by atoms with Crippen molar-refractivity contribution in [2.24, 2.45) is 0 Å². The van der Waals surface area contributed by atoms with Gasteiger partial charge in [-0.05, 0) is 53.7 Å². The molecule has 0 fully saturated rings. The number of hydrogen-bond acceptors (Lipinski definition) is 5. The molecule has 0 saturated carbocycles. The highest BCUT2D eigenvalue weighted by atomic mass is 16.5. The maximum atomic E-state index is 12.0. The van der Waals surface area contributed by atoms with Crippen molar-refractivity contribution in [1.29, 1.82) is 0 Å². The van der Waals surface area contributed by atoms with Gasteiger partial charge in [-0.25, -0.2) is 9.48 Å². The van der Waals surface area contributed by atoms with Crippen molar-refractivity contribution in [2.75, 3.05) is 0 Å². The van der Waals surface area contributed by atoms with Gasteiger partial charge in [-0.15, -0.1) is 5.10 Å². The van der Waals surface area contributed by atoms with E-state index in [0.29, 0.717) is 11.3 Å². The van der Waals surface area contributed by atoms with Crippen LogP contribution in [0.25, 0.3) is 5.69 Å². The Kier molecular flexibility index (Phi) is 3.42. The number of carbonyl (C=O) groups excluding carboxylic acids is 1. The van der Waals surface area contributed by atoms with E-state index in [4.69, 9.17) is 4.74 Å². The number of esters is 1. The van der Waals surface area contributed by atoms with Crippen molar-refractivity contribution in [1.82, 2.24) is 20.2 Å². The lowest BCUT2D eigenvalue weighted by molar-refractivity contribution is 0.0735. The van der Waals surface area contributed by atoms with Gasteiger partial charge in [0.25, 0.3) is 0 Å². The Morgan fingerprint density at radius 1 is 1.05 bits per heavy atom. The summed E-state index contributed by atoms with van der Waals surface area (Å²) in [7, 11) is 0. The molecule has 6 heteroatoms. The molecule has 3 aromatic rings. The minimum absolute atomic E-state index is 0.401. The van der Waals surface area contributed by atoms with Crippen molar-refractivity contribution >= 4 is 5.97 Å². The Bertz CT molecular complexity index is 734. The third-order valence-corrected chi connectivity index (χ3v) is 2.95. The summed E-state index contributed by atoms with van der Waals surface area (Å²) in [5, 5.41) is 10.9. The molecule has 3 rings (SSSR count). The number of aryl methyl sites for hydroxylation is 1. The van der Waals surface area contributed by atoms with Gasteiger partial charge in [0.1, 0.15) is 12.1 Å². The zero-order valence-corrected chi connectivity index (χ0v) is 11.3. The number of rotatable bonds is 3. The van der Waals surface area contributed by atoms with Crippen molar-refractivity contribution in [3.05, 3.63) is 66.0 Å². The van der Waals surface area contributed by atoms with E-state index in [-0.39, 0.29) is 0 Å². The molecule has 1 heterocycles. The predicted octanol–water partition coefficient (Wildman–Crippen LogP) is 2.19. The summed E-state index contributed by atoms with van der Waals surface area (Å²) in [6.07, 6.45) is 1.49. The normalized spacial score (nSPS) is 10.3. The fourth-order valence-electron chi connectivity index (χ4n) is 1.80. The summed E-state index contributed by atoms with van der Waals surface area (Å²) < 4.78 is 6.81. The minimum atomic E-state index is -0.401. The van der Waals surface area contributed by atoms with Gasteiger partial charge in [-0.3, -0.25) is 0 Å². The Labute approximate surface area is 121 Å². The van der Waals surface area contributed by atoms with Crippen LogP contribution in [0.15, 0.2) is 54.9 Å². The highest BCUT2D eigenvalue weighted by Gasteiger charge is 2.09. The monoisotopic (exact) mass is 280 g/mol. The van der Waals surface area contributed by atoms with Crippen LogP contribution in [-0.2, 0) is 0 Å². The van der Waals surface area contributed by atoms with E-state index in [0.717, 1.165) is 11.3 Å². The van der Waals surface area contributed by atoms with E-state index < -0.39 is 5.97 Å². The van der Waals surface area contributed by atoms with Gasteiger partial charge in [0.05, 0.1) is 11.3 Å². The van der Waals surface area contributed by atoms with Gasteiger partial charge in [0, 0.05) is 0 Å². The van der Waals surface area contributed by atoms with Gasteiger partial charge < -0.3 is 4.74 Å². The summed E-state index contributed by atoms with van der Waals surface area (Å²) in [5.74, 6) is 0.122. The minimum Gasteiger partial charge on any atom is -0.423 e. The summed E-state index contributed by atoms with van der Waals surface area (Å²) >= 11 is 0. The summed E-state index contributed by atoms with van der Waals surface area (Å²) in [5.41, 5.74) is 2.35. The van der Waals surface area contributed by atoms with Crippen LogP contribution in [0.3, 0.4) is 0 Å². The van der Waals surface area contributed by atoms with Gasteiger partial charge >= 0.3 is 5.97 Å². The summed E-state index contributed by atoms with van der Waals surface area (Å²) in [6.45, 7) is 1.98. The molecule has 0 atom stereocenters. The van der Waals surface area contributed by atoms with Gasteiger partial charge in [0.15, 0.2) is 0 Å². The maximum Gasteiger partial charge on any atom is 0.343 e. The second-order valence-electron chi connectivity index (χ2n) is 4.50. The fourth-order valence-corrected chi connectivity index (χ4v) is 1.80. The first kappa shape index (κ1) is 13.0. The molecule has 0 aliphatic heterocycles. The third-order valence-electron chi connectivity index (χ3n) is 2.95. The highest BCUT2D eigenvalue weighted by molar-refractivity contribution is 5.91. The summed E-state index contributed by atoms with van der Waals surface area (Å²) in [6, 6.07) is 14.2. The van der Waals surface area contributed by atoms with Crippen LogP contribution in [-0.4, -0.2) is 26.2 Å². The molecule has 0 aliphatic rings. The molecule has 0 saturated heterocycles. The van der Waals surface area contributed by atoms with Crippen LogP contribution in [0, 0.1) is 6.92 Å². The second-order valence-corrected chi connectivity index (χ2v) is 4.50. The molecular weight excluding hydrogens is 268 g/mol. The largest absolute Gasteiger partial charge is 0.423 e. The zero-order valence-electron chi connectivity index (χ0n) is 11.3. The topological polar surface area (TPSA) is 69.9 Å². The van der Waals surface area contributed by atoms with Crippen molar-refractivity contribution in [2.45, 2.75) is 6.92 Å². The zero-order chi connectivity index (χ0) is 14.7. The van der Waals surface area contributed by atoms with Gasteiger partial charge in [0.2, 0.25) is 0 Å². The highest BCUT2D eigenvalue weighted by Crippen LogP contribution is 2.15. The molecule has 0 N–H and O–H groups in total. The summed E-state index contributed by atoms with van der Waals surface area (Å²) in [4.78, 5) is 12.0. The third kappa shape index (κ3) is 2.94. The van der Waals surface area contributed by atoms with Crippen molar-refractivity contribution in [3.8, 4) is 11.4 Å². The van der Waals surface area contributed by atoms with Gasteiger partial charge in [-0.2, -0.15) is 0 Å². The molecule has 6 nitrogen and oxygen atoms in total. The number of tetrazole rings is 1. The number of hydrogen-bond donors (Lipinski definition) is 0. The van der Waals surface area contributed by atoms with E-state index in [1.54, 1.807) is 36.4 Å². The molecule has 2 aromatic carbocycles. The number of aromatic nitrogens is 4. The van der Waals surface area contributed by atoms with E-state index in [1.807, 2.05) is 19.1 Å². The molecule has 0 aliphatic carbocycles. The SMILES string of the molecule is Cc1ccc(OC(=O)c2ccc(-n3cnnn3)cc2)cc1. The second kappa shape index (κ2) is 5.54. The lowest BCUT2D eigenvalue weighted by Crippen LogP contribution is -2.08. The fraction of sp³-hybridized carbons (Fsp3) is 0.0667. The molecule has 0 spiro atoms. The maximum absolute atomic E-state index is 12.0. The molecule has 0 radical (unpaired) electrons. The van der Waals surface area contributed by atoms with Crippen LogP contribution >= 0.6 is 0 Å². The van der Waals surface area contributed by atoms with E-state index in [1.165, 1.54) is 11.0 Å². The Hall–Kier alpha value is -3.02. The van der Waals surface area contributed by atoms with E-state index in [9.17, 15) is 4.79 Å². The average Bonchev–Trinajstić information content (AvgIpc) is 3.04. The van der Waals surface area contributed by atoms with E-state index in [2.05, 4.69) is 15.5 Å². The van der Waals surface area contributed by atoms with Crippen molar-refractivity contribution < 1.29 is 9.53 Å². The molecule has 0 unspecified atom stereocenters. The quantitative estimate of drug-likeness (QED) is 0.543. The number of carbonyl (C=O) groups is 1. The number of nitrogens with zero attached hydrogens (tertiary/aromatic N) is 4. The van der Waals surface area contributed by atoms with Crippen LogP contribution in [0.2, 0.25) is 0 Å². The van der Waals surface area contributed by atoms with Crippen LogP contribution in [0.4, 0.5) is 0 Å². The average molecular weight is 280 g/mol. The Balaban J connectivity index is 1.74. The number of benzene rings is 2. The standard InChI is InChI=1S/C15H12N4O2/c1-11-2-8-14(9-3-11)21-15(20)12-4-6-13(7-5-12)19-10-16-17-18-19/h2-10H,1H3. The first-order valence-corrected chi connectivity index (χ1v) is 6.35. The number of ether oxygens (including phenoxy) is 1. The molecule has 21 heavy (non-hydrogen) atoms. The molecule has 104 valence electrons. The lowest BCUT2D eigenvalue weighted by atomic mass is 10.2. The van der Waals surface area contributed by atoms with Crippen LogP contribution in [0.5, 0.6) is 5.75 Å². The van der Waals surface area contributed by atoms with Crippen molar-refractivity contribution in [3.63, 3.8) is 0 Å². The first-order valence-electron chi connectivity index (χ1n) is 6.35. The molecule has 1 aromatic heterocycles. The Morgan fingerprint density at radius 2 is 1.76 bits per heavy atom. The smallest absolute Gasteiger partial charge is 0.343 e. The van der Waals surface area contributed by atoms with Gasteiger partial charge in [-0.1, -0.05) is 17.7 Å². The predicted molar refractivity (Wildman–Crippen MR) is 75.3 cm³/mol. The van der Waals surface area contributed by atoms with Crippen LogP contribution < -0.4 is 4.74 Å². The molecule has 0 bridgehead atoms. The molecule has 0 amide bonds. The first-order chi connectivity index (χ1) is 10.2. The molecular formula is C15H12N4O2.